The van der Waals surface area contributed by atoms with Crippen molar-refractivity contribution in [1.29, 1.82) is 0 Å². The van der Waals surface area contributed by atoms with Crippen LogP contribution in [-0.2, 0) is 4.79 Å². The molecule has 2 amide bonds. The molecule has 0 heterocycles. The van der Waals surface area contributed by atoms with E-state index >= 15 is 0 Å². The molecule has 0 aliphatic carbocycles. The Morgan fingerprint density at radius 3 is 2.48 bits per heavy atom. The van der Waals surface area contributed by atoms with E-state index in [-0.39, 0.29) is 17.8 Å². The predicted molar refractivity (Wildman–Crippen MR) is 111 cm³/mol. The van der Waals surface area contributed by atoms with E-state index in [2.05, 4.69) is 19.2 Å². The van der Waals surface area contributed by atoms with Crippen molar-refractivity contribution in [2.45, 2.75) is 31.6 Å². The lowest BCUT2D eigenvalue weighted by molar-refractivity contribution is -0.118. The lowest BCUT2D eigenvalue weighted by Crippen LogP contribution is -2.21. The molecule has 0 aliphatic rings. The van der Waals surface area contributed by atoms with E-state index in [9.17, 15) is 9.59 Å². The third-order valence-electron chi connectivity index (χ3n) is 3.96. The van der Waals surface area contributed by atoms with Gasteiger partial charge in [0.2, 0.25) is 0 Å². The number of carbonyl (C=O) groups excluding carboxylic acids is 2. The third-order valence-corrected chi connectivity index (χ3v) is 5.07. The minimum absolute atomic E-state index is 0.0961. The van der Waals surface area contributed by atoms with Crippen LogP contribution in [0, 0.1) is 6.92 Å². The molecule has 27 heavy (non-hydrogen) atoms. The highest BCUT2D eigenvalue weighted by Crippen LogP contribution is 2.28. The van der Waals surface area contributed by atoms with Crippen molar-refractivity contribution in [1.82, 2.24) is 4.90 Å². The summed E-state index contributed by atoms with van der Waals surface area (Å²) < 4.78 is 5.62. The molecule has 144 valence electrons. The number of nitrogens with one attached hydrogen (secondary N) is 1. The van der Waals surface area contributed by atoms with Gasteiger partial charge in [-0.15, -0.1) is 0 Å². The summed E-state index contributed by atoms with van der Waals surface area (Å²) in [5.41, 5.74) is 3.01. The van der Waals surface area contributed by atoms with Crippen LogP contribution in [-0.4, -0.2) is 36.7 Å². The van der Waals surface area contributed by atoms with Gasteiger partial charge >= 0.3 is 0 Å². The minimum atomic E-state index is -0.272. The number of nitrogens with zero attached hydrogens (tertiary/aromatic N) is 1. The van der Waals surface area contributed by atoms with Crippen molar-refractivity contribution >= 4 is 28.6 Å². The van der Waals surface area contributed by atoms with E-state index in [4.69, 9.17) is 4.74 Å². The molecule has 0 aliphatic heterocycles. The van der Waals surface area contributed by atoms with Gasteiger partial charge in [-0.3, -0.25) is 9.59 Å². The maximum absolute atomic E-state index is 12.3. The smallest absolute Gasteiger partial charge is 0.286 e. The zero-order chi connectivity index (χ0) is 20.0. The Morgan fingerprint density at radius 1 is 1.15 bits per heavy atom. The quantitative estimate of drug-likeness (QED) is 0.717. The van der Waals surface area contributed by atoms with E-state index in [1.807, 2.05) is 37.3 Å². The molecule has 0 atom stereocenters. The second-order valence-electron chi connectivity index (χ2n) is 6.77. The SMILES string of the molecule is Cc1cc(OCC(=O)Nc2ccccc2SC(=O)N(C)C)ccc1C(C)C. The Hall–Kier alpha value is -2.47. The lowest BCUT2D eigenvalue weighted by atomic mass is 9.98. The van der Waals surface area contributed by atoms with Crippen LogP contribution in [0.4, 0.5) is 10.5 Å². The Labute approximate surface area is 165 Å². The number of para-hydroxylation sites is 1. The molecular formula is C21H26N2O3S. The van der Waals surface area contributed by atoms with Gasteiger partial charge in [-0.25, -0.2) is 0 Å². The lowest BCUT2D eigenvalue weighted by Gasteiger charge is -2.14. The van der Waals surface area contributed by atoms with Crippen LogP contribution in [0.5, 0.6) is 5.75 Å². The molecule has 0 aromatic heterocycles. The molecule has 0 saturated heterocycles. The summed E-state index contributed by atoms with van der Waals surface area (Å²) in [7, 11) is 3.38. The number of thioether (sulfide) groups is 1. The highest BCUT2D eigenvalue weighted by molar-refractivity contribution is 8.13. The Morgan fingerprint density at radius 2 is 1.85 bits per heavy atom. The van der Waals surface area contributed by atoms with Crippen LogP contribution in [0.15, 0.2) is 47.4 Å². The van der Waals surface area contributed by atoms with Crippen molar-refractivity contribution in [3.8, 4) is 5.75 Å². The predicted octanol–water partition coefficient (Wildman–Crippen LogP) is 4.91. The number of anilines is 1. The number of hydrogen-bond acceptors (Lipinski definition) is 4. The summed E-state index contributed by atoms with van der Waals surface area (Å²) in [5.74, 6) is 0.838. The first-order valence-corrected chi connectivity index (χ1v) is 9.61. The van der Waals surface area contributed by atoms with Gasteiger partial charge in [0.25, 0.3) is 11.1 Å². The number of rotatable bonds is 6. The Balaban J connectivity index is 1.98. The summed E-state index contributed by atoms with van der Waals surface area (Å²) in [4.78, 5) is 26.4. The Kier molecular flexibility index (Phi) is 7.30. The average molecular weight is 387 g/mol. The van der Waals surface area contributed by atoms with E-state index in [0.29, 0.717) is 22.3 Å². The molecular weight excluding hydrogens is 360 g/mol. The molecule has 0 radical (unpaired) electrons. The second kappa shape index (κ2) is 9.46. The van der Waals surface area contributed by atoms with Gasteiger partial charge in [-0.1, -0.05) is 32.0 Å². The number of aryl methyl sites for hydroxylation is 1. The van der Waals surface area contributed by atoms with Crippen molar-refractivity contribution in [3.05, 3.63) is 53.6 Å². The fourth-order valence-corrected chi connectivity index (χ4v) is 3.31. The molecule has 2 rings (SSSR count). The van der Waals surface area contributed by atoms with Crippen LogP contribution in [0.25, 0.3) is 0 Å². The first-order valence-electron chi connectivity index (χ1n) is 8.79. The van der Waals surface area contributed by atoms with Gasteiger partial charge in [0, 0.05) is 19.0 Å². The number of benzene rings is 2. The summed E-state index contributed by atoms with van der Waals surface area (Å²) in [6.07, 6.45) is 0. The molecule has 1 N–H and O–H groups in total. The minimum Gasteiger partial charge on any atom is -0.484 e. The van der Waals surface area contributed by atoms with Crippen molar-refractivity contribution < 1.29 is 14.3 Å². The number of ether oxygens (including phenoxy) is 1. The molecule has 6 heteroatoms. The highest BCUT2D eigenvalue weighted by Gasteiger charge is 2.13. The third kappa shape index (κ3) is 6.03. The van der Waals surface area contributed by atoms with E-state index < -0.39 is 0 Å². The van der Waals surface area contributed by atoms with Crippen LogP contribution >= 0.6 is 11.8 Å². The first-order chi connectivity index (χ1) is 12.8. The van der Waals surface area contributed by atoms with Gasteiger partial charge in [0.15, 0.2) is 6.61 Å². The molecule has 0 bridgehead atoms. The van der Waals surface area contributed by atoms with Gasteiger partial charge in [-0.05, 0) is 60.0 Å². The fourth-order valence-electron chi connectivity index (χ4n) is 2.57. The van der Waals surface area contributed by atoms with E-state index in [1.165, 1.54) is 10.5 Å². The molecule has 2 aromatic rings. The molecule has 0 saturated carbocycles. The molecule has 0 unspecified atom stereocenters. The average Bonchev–Trinajstić information content (AvgIpc) is 2.61. The van der Waals surface area contributed by atoms with E-state index in [1.54, 1.807) is 26.2 Å². The topological polar surface area (TPSA) is 58.6 Å². The summed E-state index contributed by atoms with van der Waals surface area (Å²) >= 11 is 1.07. The zero-order valence-electron chi connectivity index (χ0n) is 16.4. The van der Waals surface area contributed by atoms with Crippen molar-refractivity contribution in [2.24, 2.45) is 0 Å². The van der Waals surface area contributed by atoms with Gasteiger partial charge in [0.05, 0.1) is 5.69 Å². The van der Waals surface area contributed by atoms with Gasteiger partial charge < -0.3 is 15.0 Å². The van der Waals surface area contributed by atoms with Crippen molar-refractivity contribution in [2.75, 3.05) is 26.0 Å². The highest BCUT2D eigenvalue weighted by atomic mass is 32.2. The number of amides is 2. The number of hydrogen-bond donors (Lipinski definition) is 1. The van der Waals surface area contributed by atoms with E-state index in [0.717, 1.165) is 17.3 Å². The summed E-state index contributed by atoms with van der Waals surface area (Å²) in [5, 5.41) is 2.71. The molecule has 0 spiro atoms. The second-order valence-corrected chi connectivity index (χ2v) is 7.76. The normalized spacial score (nSPS) is 10.6. The first kappa shape index (κ1) is 20.8. The molecule has 5 nitrogen and oxygen atoms in total. The van der Waals surface area contributed by atoms with Crippen LogP contribution < -0.4 is 10.1 Å². The monoisotopic (exact) mass is 386 g/mol. The molecule has 0 fully saturated rings. The zero-order valence-corrected chi connectivity index (χ0v) is 17.2. The maximum atomic E-state index is 12.3. The van der Waals surface area contributed by atoms with Gasteiger partial charge in [-0.2, -0.15) is 0 Å². The van der Waals surface area contributed by atoms with Crippen LogP contribution in [0.3, 0.4) is 0 Å². The number of carbonyl (C=O) groups is 2. The van der Waals surface area contributed by atoms with Gasteiger partial charge in [0.1, 0.15) is 5.75 Å². The van der Waals surface area contributed by atoms with Crippen LogP contribution in [0.1, 0.15) is 30.9 Å². The fraction of sp³-hybridized carbons (Fsp3) is 0.333. The van der Waals surface area contributed by atoms with Crippen LogP contribution in [0.2, 0.25) is 0 Å². The molecule has 2 aromatic carbocycles. The largest absolute Gasteiger partial charge is 0.484 e. The maximum Gasteiger partial charge on any atom is 0.286 e. The summed E-state index contributed by atoms with van der Waals surface area (Å²) in [6.45, 7) is 6.23. The standard InChI is InChI=1S/C21H26N2O3S/c1-14(2)17-11-10-16(12-15(17)3)26-13-20(24)22-18-8-6-7-9-19(18)27-21(25)23(4)5/h6-12,14H,13H2,1-5H3,(H,22,24). The summed E-state index contributed by atoms with van der Waals surface area (Å²) in [6, 6.07) is 13.1. The van der Waals surface area contributed by atoms with Crippen molar-refractivity contribution in [3.63, 3.8) is 0 Å². The Bertz CT molecular complexity index is 819.